The van der Waals surface area contributed by atoms with Gasteiger partial charge >= 0.3 is 5.38 Å². The molecular weight excluding hydrogens is 254 g/mol. The molecule has 16 heavy (non-hydrogen) atoms. The number of nitrogens with zero attached hydrogens (tertiary/aromatic N) is 2. The van der Waals surface area contributed by atoms with E-state index >= 15 is 0 Å². The lowest BCUT2D eigenvalue weighted by atomic mass is 10.2. The zero-order valence-corrected chi connectivity index (χ0v) is 10.8. The molecule has 1 heterocycles. The van der Waals surface area contributed by atoms with E-state index in [2.05, 4.69) is 9.35 Å². The van der Waals surface area contributed by atoms with E-state index in [1.807, 2.05) is 13.2 Å². The van der Waals surface area contributed by atoms with E-state index in [-0.39, 0.29) is 15.9 Å². The molecule has 90 valence electrons. The van der Waals surface area contributed by atoms with Gasteiger partial charge in [0.05, 0.1) is 0 Å². The van der Waals surface area contributed by atoms with Crippen LogP contribution in [-0.2, 0) is 16.1 Å². The summed E-state index contributed by atoms with van der Waals surface area (Å²) in [5.41, 5.74) is 0.468. The number of pyridine rings is 1. The fraction of sp³-hybridized carbons (Fsp3) is 0.500. The molecule has 0 saturated heterocycles. The second-order valence-corrected chi connectivity index (χ2v) is 5.92. The maximum absolute atomic E-state index is 12.7. The monoisotopic (exact) mass is 266 g/mol. The van der Waals surface area contributed by atoms with Crippen molar-refractivity contribution in [3.63, 3.8) is 0 Å². The summed E-state index contributed by atoms with van der Waals surface area (Å²) in [7, 11) is 1.61. The van der Waals surface area contributed by atoms with E-state index in [4.69, 9.17) is 11.6 Å². The van der Waals surface area contributed by atoms with Crippen molar-refractivity contribution < 1.29 is 8.78 Å². The molecule has 0 saturated carbocycles. The van der Waals surface area contributed by atoms with Crippen molar-refractivity contribution in [3.05, 3.63) is 29.6 Å². The summed E-state index contributed by atoms with van der Waals surface area (Å²) < 4.78 is 29.6. The Morgan fingerprint density at radius 1 is 1.50 bits per heavy atom. The van der Waals surface area contributed by atoms with Gasteiger partial charge in [-0.2, -0.15) is 8.78 Å². The van der Waals surface area contributed by atoms with Crippen molar-refractivity contribution >= 4 is 22.3 Å². The highest BCUT2D eigenvalue weighted by Crippen LogP contribution is 2.31. The summed E-state index contributed by atoms with van der Waals surface area (Å²) >= 11 is 4.87. The van der Waals surface area contributed by atoms with E-state index in [1.54, 1.807) is 13.1 Å². The zero-order chi connectivity index (χ0) is 12.3. The number of hydrogen-bond acceptors (Lipinski definition) is 2. The summed E-state index contributed by atoms with van der Waals surface area (Å²) in [6.07, 6.45) is 3.43. The maximum Gasteiger partial charge on any atom is 0.364 e. The van der Waals surface area contributed by atoms with Gasteiger partial charge in [0, 0.05) is 18.5 Å². The molecule has 2 unspecified atom stereocenters. The number of rotatable bonds is 3. The molecule has 0 spiro atoms. The summed E-state index contributed by atoms with van der Waals surface area (Å²) in [4.78, 5) is 3.67. The van der Waals surface area contributed by atoms with Crippen molar-refractivity contribution in [2.24, 2.45) is 4.36 Å². The van der Waals surface area contributed by atoms with Crippen molar-refractivity contribution in [2.45, 2.75) is 17.6 Å². The molecule has 2 atom stereocenters. The van der Waals surface area contributed by atoms with Gasteiger partial charge in [0.25, 0.3) is 0 Å². The molecule has 2 nitrogen and oxygen atoms in total. The number of hydrogen-bond donors (Lipinski definition) is 0. The molecule has 0 radical (unpaired) electrons. The molecule has 0 aliphatic rings. The molecule has 0 aliphatic heterocycles. The van der Waals surface area contributed by atoms with Crippen LogP contribution in [0.25, 0.3) is 0 Å². The van der Waals surface area contributed by atoms with Crippen molar-refractivity contribution in [2.75, 3.05) is 13.3 Å². The molecule has 1 aromatic rings. The second kappa shape index (κ2) is 5.19. The van der Waals surface area contributed by atoms with Crippen LogP contribution in [0.5, 0.6) is 0 Å². The molecule has 0 aromatic carbocycles. The Morgan fingerprint density at radius 2 is 2.12 bits per heavy atom. The van der Waals surface area contributed by atoms with Gasteiger partial charge in [-0.15, -0.1) is 0 Å². The third-order valence-corrected chi connectivity index (χ3v) is 4.41. The predicted octanol–water partition coefficient (Wildman–Crippen LogP) is 3.49. The maximum atomic E-state index is 12.7. The highest BCUT2D eigenvalue weighted by Gasteiger charge is 2.29. The molecule has 0 amide bonds. The third-order valence-electron chi connectivity index (χ3n) is 2.35. The second-order valence-electron chi connectivity index (χ2n) is 3.32. The van der Waals surface area contributed by atoms with E-state index in [1.165, 1.54) is 12.3 Å². The largest absolute Gasteiger partial charge is 0.364 e. The van der Waals surface area contributed by atoms with Gasteiger partial charge in [0.15, 0.2) is 0 Å². The topological polar surface area (TPSA) is 25.2 Å². The zero-order valence-electron chi connectivity index (χ0n) is 9.25. The summed E-state index contributed by atoms with van der Waals surface area (Å²) in [5, 5.41) is -3.22. The Labute approximate surface area is 101 Å². The Kier molecular flexibility index (Phi) is 4.38. The average Bonchev–Trinajstić information content (AvgIpc) is 2.26. The lowest BCUT2D eigenvalue weighted by Crippen LogP contribution is -2.08. The normalized spacial score (nSPS) is 16.1. The fourth-order valence-corrected chi connectivity index (χ4v) is 2.13. The third kappa shape index (κ3) is 3.22. The smallest absolute Gasteiger partial charge is 0.268 e. The van der Waals surface area contributed by atoms with Crippen LogP contribution in [0, 0.1) is 0 Å². The predicted molar refractivity (Wildman–Crippen MR) is 64.0 cm³/mol. The van der Waals surface area contributed by atoms with Gasteiger partial charge in [-0.05, 0) is 36.4 Å². The van der Waals surface area contributed by atoms with Crippen LogP contribution in [-0.4, -0.2) is 18.3 Å². The molecule has 1 rings (SSSR count). The minimum Gasteiger partial charge on any atom is -0.268 e. The van der Waals surface area contributed by atoms with Gasteiger partial charge in [-0.3, -0.25) is 9.35 Å². The van der Waals surface area contributed by atoms with Gasteiger partial charge < -0.3 is 0 Å². The number of halogens is 3. The lowest BCUT2D eigenvalue weighted by Gasteiger charge is -2.13. The first-order valence-corrected chi connectivity index (χ1v) is 6.67. The first kappa shape index (κ1) is 13.5. The van der Waals surface area contributed by atoms with Crippen molar-refractivity contribution in [3.8, 4) is 0 Å². The van der Waals surface area contributed by atoms with E-state index in [0.29, 0.717) is 0 Å². The van der Waals surface area contributed by atoms with Crippen LogP contribution in [0.15, 0.2) is 22.7 Å². The highest BCUT2D eigenvalue weighted by atomic mass is 35.5. The summed E-state index contributed by atoms with van der Waals surface area (Å²) in [6, 6.07) is 2.88. The van der Waals surface area contributed by atoms with E-state index in [0.717, 1.165) is 5.56 Å². The van der Waals surface area contributed by atoms with E-state index in [9.17, 15) is 8.78 Å². The van der Waals surface area contributed by atoms with Crippen LogP contribution in [0.3, 0.4) is 0 Å². The molecular formula is C10H13ClF2N2S. The van der Waals surface area contributed by atoms with E-state index < -0.39 is 11.1 Å². The molecule has 0 aliphatic carbocycles. The first-order valence-electron chi connectivity index (χ1n) is 4.64. The van der Waals surface area contributed by atoms with Crippen molar-refractivity contribution in [1.29, 1.82) is 0 Å². The van der Waals surface area contributed by atoms with Gasteiger partial charge in [0.2, 0.25) is 0 Å². The first-order chi connectivity index (χ1) is 7.36. The molecule has 0 fully saturated rings. The van der Waals surface area contributed by atoms with Crippen molar-refractivity contribution in [1.82, 2.24) is 4.98 Å². The Bertz CT molecular complexity index is 387. The molecule has 6 heteroatoms. The molecule has 0 bridgehead atoms. The number of aromatic nitrogens is 1. The van der Waals surface area contributed by atoms with Gasteiger partial charge in [-0.1, -0.05) is 16.8 Å². The SMILES string of the molecule is CN=S(C)C(C)c1ccc(C(F)(F)Cl)nc1. The average molecular weight is 267 g/mol. The van der Waals surface area contributed by atoms with Gasteiger partial charge in [-0.25, -0.2) is 0 Å². The molecule has 1 aromatic heterocycles. The van der Waals surface area contributed by atoms with Crippen LogP contribution >= 0.6 is 11.6 Å². The van der Waals surface area contributed by atoms with Crippen LogP contribution in [0.1, 0.15) is 23.4 Å². The van der Waals surface area contributed by atoms with Gasteiger partial charge in [0.1, 0.15) is 5.69 Å². The summed E-state index contributed by atoms with van der Waals surface area (Å²) in [6.45, 7) is 1.99. The fourth-order valence-electron chi connectivity index (χ4n) is 1.17. The Balaban J connectivity index is 2.96. The Morgan fingerprint density at radius 3 is 2.50 bits per heavy atom. The minimum absolute atomic E-state index is 0.136. The lowest BCUT2D eigenvalue weighted by molar-refractivity contribution is 0.0900. The highest BCUT2D eigenvalue weighted by molar-refractivity contribution is 7.86. The van der Waals surface area contributed by atoms with Crippen LogP contribution in [0.2, 0.25) is 0 Å². The quantitative estimate of drug-likeness (QED) is 0.769. The standard InChI is InChI=1S/C10H13ClF2N2S/c1-7(16(3)14-2)8-4-5-9(15-6-8)10(11,12)13/h4-7H,1-3H3. The van der Waals surface area contributed by atoms with Crippen LogP contribution in [0.4, 0.5) is 8.78 Å². The number of alkyl halides is 3. The van der Waals surface area contributed by atoms with Crippen LogP contribution < -0.4 is 0 Å². The Hall–Kier alpha value is -0.550. The summed E-state index contributed by atoms with van der Waals surface area (Å²) in [5.74, 6) is 0. The molecule has 0 N–H and O–H groups in total. The minimum atomic E-state index is -3.40.